The van der Waals surface area contributed by atoms with Crippen LogP contribution in [0.3, 0.4) is 0 Å². The van der Waals surface area contributed by atoms with Crippen LogP contribution in [0, 0.1) is 6.92 Å². The van der Waals surface area contributed by atoms with Gasteiger partial charge in [-0.25, -0.2) is 0 Å². The Morgan fingerprint density at radius 1 is 1.33 bits per heavy atom. The fraction of sp³-hybridized carbons (Fsp3) is 0.500. The summed E-state index contributed by atoms with van der Waals surface area (Å²) < 4.78 is 5.49. The predicted molar refractivity (Wildman–Crippen MR) is 78.7 cm³/mol. The quantitative estimate of drug-likeness (QED) is 0.914. The summed E-state index contributed by atoms with van der Waals surface area (Å²) in [6, 6.07) is 8.90. The molecule has 0 amide bonds. The molecule has 21 heavy (non-hydrogen) atoms. The highest BCUT2D eigenvalue weighted by Gasteiger charge is 2.26. The Bertz CT molecular complexity index is 597. The van der Waals surface area contributed by atoms with Gasteiger partial charge < -0.3 is 9.52 Å². The van der Waals surface area contributed by atoms with Gasteiger partial charge >= 0.3 is 0 Å². The first-order chi connectivity index (χ1) is 10.3. The van der Waals surface area contributed by atoms with E-state index in [0.29, 0.717) is 30.9 Å². The van der Waals surface area contributed by atoms with Gasteiger partial charge in [0, 0.05) is 19.5 Å². The SMILES string of the molecule is Cc1nnc(CN(CCO)C2CCCc3ccccc32)o1. The summed E-state index contributed by atoms with van der Waals surface area (Å²) in [7, 11) is 0. The van der Waals surface area contributed by atoms with Crippen molar-refractivity contribution < 1.29 is 9.52 Å². The van der Waals surface area contributed by atoms with Crippen LogP contribution in [0.15, 0.2) is 28.7 Å². The lowest BCUT2D eigenvalue weighted by molar-refractivity contribution is 0.120. The third kappa shape index (κ3) is 3.14. The minimum Gasteiger partial charge on any atom is -0.424 e. The molecule has 1 aliphatic rings. The molecule has 112 valence electrons. The standard InChI is InChI=1S/C16H21N3O2/c1-12-17-18-16(21-12)11-19(9-10-20)15-8-4-6-13-5-2-3-7-14(13)15/h2-3,5,7,15,20H,4,6,8-11H2,1H3. The normalized spacial score (nSPS) is 18.0. The molecule has 1 aromatic heterocycles. The molecular formula is C16H21N3O2. The lowest BCUT2D eigenvalue weighted by Gasteiger charge is -2.34. The molecule has 0 bridgehead atoms. The second-order valence-electron chi connectivity index (χ2n) is 5.52. The van der Waals surface area contributed by atoms with Gasteiger partial charge in [-0.15, -0.1) is 10.2 Å². The van der Waals surface area contributed by atoms with E-state index in [-0.39, 0.29) is 6.61 Å². The molecule has 2 aromatic rings. The molecule has 1 atom stereocenters. The number of aromatic nitrogens is 2. The van der Waals surface area contributed by atoms with Crippen LogP contribution in [0.2, 0.25) is 0 Å². The van der Waals surface area contributed by atoms with Crippen LogP contribution < -0.4 is 0 Å². The molecule has 0 aliphatic heterocycles. The molecule has 1 N–H and O–H groups in total. The third-order valence-electron chi connectivity index (χ3n) is 4.07. The Hall–Kier alpha value is -1.72. The highest BCUT2D eigenvalue weighted by atomic mass is 16.4. The van der Waals surface area contributed by atoms with Crippen molar-refractivity contribution in [2.45, 2.75) is 38.8 Å². The Morgan fingerprint density at radius 3 is 2.95 bits per heavy atom. The molecular weight excluding hydrogens is 266 g/mol. The van der Waals surface area contributed by atoms with E-state index in [0.717, 1.165) is 12.8 Å². The molecule has 0 saturated heterocycles. The Labute approximate surface area is 124 Å². The van der Waals surface area contributed by atoms with Crippen molar-refractivity contribution in [1.82, 2.24) is 15.1 Å². The van der Waals surface area contributed by atoms with E-state index >= 15 is 0 Å². The van der Waals surface area contributed by atoms with E-state index in [1.54, 1.807) is 6.92 Å². The Kier molecular flexibility index (Phi) is 4.31. The summed E-state index contributed by atoms with van der Waals surface area (Å²) in [6.07, 6.45) is 3.41. The van der Waals surface area contributed by atoms with E-state index in [4.69, 9.17) is 4.42 Å². The highest BCUT2D eigenvalue weighted by Crippen LogP contribution is 2.34. The number of rotatable bonds is 5. The van der Waals surface area contributed by atoms with Crippen molar-refractivity contribution in [3.8, 4) is 0 Å². The van der Waals surface area contributed by atoms with Gasteiger partial charge in [-0.3, -0.25) is 4.90 Å². The second-order valence-corrected chi connectivity index (χ2v) is 5.52. The van der Waals surface area contributed by atoms with Crippen molar-refractivity contribution in [2.24, 2.45) is 0 Å². The first-order valence-electron chi connectivity index (χ1n) is 7.49. The van der Waals surface area contributed by atoms with E-state index in [1.165, 1.54) is 17.5 Å². The van der Waals surface area contributed by atoms with Crippen LogP contribution in [0.1, 0.15) is 41.8 Å². The van der Waals surface area contributed by atoms with Crippen LogP contribution in [0.5, 0.6) is 0 Å². The van der Waals surface area contributed by atoms with E-state index in [9.17, 15) is 5.11 Å². The second kappa shape index (κ2) is 6.37. The Balaban J connectivity index is 1.84. The zero-order chi connectivity index (χ0) is 14.7. The van der Waals surface area contributed by atoms with Gasteiger partial charge in [0.2, 0.25) is 11.8 Å². The first kappa shape index (κ1) is 14.2. The fourth-order valence-corrected chi connectivity index (χ4v) is 3.16. The number of hydrogen-bond acceptors (Lipinski definition) is 5. The summed E-state index contributed by atoms with van der Waals surface area (Å²) in [5, 5.41) is 17.4. The molecule has 5 nitrogen and oxygen atoms in total. The number of aryl methyl sites for hydroxylation is 2. The van der Waals surface area contributed by atoms with Crippen molar-refractivity contribution in [3.05, 3.63) is 47.2 Å². The number of aliphatic hydroxyl groups is 1. The smallest absolute Gasteiger partial charge is 0.230 e. The molecule has 1 unspecified atom stereocenters. The van der Waals surface area contributed by atoms with Crippen molar-refractivity contribution >= 4 is 0 Å². The summed E-state index contributed by atoms with van der Waals surface area (Å²) in [5.74, 6) is 1.20. The van der Waals surface area contributed by atoms with Crippen LogP contribution in [0.4, 0.5) is 0 Å². The number of fused-ring (bicyclic) bond motifs is 1. The van der Waals surface area contributed by atoms with Gasteiger partial charge in [0.25, 0.3) is 0 Å². The molecule has 1 heterocycles. The summed E-state index contributed by atoms with van der Waals surface area (Å²) in [4.78, 5) is 2.24. The molecule has 0 spiro atoms. The summed E-state index contributed by atoms with van der Waals surface area (Å²) in [6.45, 7) is 3.12. The largest absolute Gasteiger partial charge is 0.424 e. The minimum atomic E-state index is 0.131. The molecule has 0 fully saturated rings. The third-order valence-corrected chi connectivity index (χ3v) is 4.07. The van der Waals surface area contributed by atoms with Crippen LogP contribution in [-0.4, -0.2) is 33.4 Å². The molecule has 3 rings (SSSR count). The van der Waals surface area contributed by atoms with Gasteiger partial charge in [-0.05, 0) is 30.4 Å². The molecule has 5 heteroatoms. The number of nitrogens with zero attached hydrogens (tertiary/aromatic N) is 3. The lowest BCUT2D eigenvalue weighted by Crippen LogP contribution is -2.33. The average Bonchev–Trinajstić information content (AvgIpc) is 2.91. The molecule has 1 aromatic carbocycles. The highest BCUT2D eigenvalue weighted by molar-refractivity contribution is 5.32. The van der Waals surface area contributed by atoms with E-state index in [2.05, 4.69) is 39.4 Å². The maximum absolute atomic E-state index is 9.39. The topological polar surface area (TPSA) is 62.4 Å². The zero-order valence-corrected chi connectivity index (χ0v) is 12.3. The number of hydrogen-bond donors (Lipinski definition) is 1. The first-order valence-corrected chi connectivity index (χ1v) is 7.49. The minimum absolute atomic E-state index is 0.131. The van der Waals surface area contributed by atoms with Crippen LogP contribution in [0.25, 0.3) is 0 Å². The van der Waals surface area contributed by atoms with E-state index < -0.39 is 0 Å². The van der Waals surface area contributed by atoms with Gasteiger partial charge in [-0.2, -0.15) is 0 Å². The van der Waals surface area contributed by atoms with Crippen molar-refractivity contribution in [2.75, 3.05) is 13.2 Å². The Morgan fingerprint density at radius 2 is 2.19 bits per heavy atom. The van der Waals surface area contributed by atoms with Crippen molar-refractivity contribution in [1.29, 1.82) is 0 Å². The monoisotopic (exact) mass is 287 g/mol. The van der Waals surface area contributed by atoms with Gasteiger partial charge in [0.15, 0.2) is 0 Å². The molecule has 1 aliphatic carbocycles. The van der Waals surface area contributed by atoms with Crippen LogP contribution >= 0.6 is 0 Å². The fourth-order valence-electron chi connectivity index (χ4n) is 3.16. The maximum Gasteiger partial charge on any atom is 0.230 e. The van der Waals surface area contributed by atoms with Gasteiger partial charge in [-0.1, -0.05) is 24.3 Å². The molecule has 0 radical (unpaired) electrons. The van der Waals surface area contributed by atoms with Crippen molar-refractivity contribution in [3.63, 3.8) is 0 Å². The number of aliphatic hydroxyl groups excluding tert-OH is 1. The predicted octanol–water partition coefficient (Wildman–Crippen LogP) is 2.25. The van der Waals surface area contributed by atoms with E-state index in [1.807, 2.05) is 0 Å². The zero-order valence-electron chi connectivity index (χ0n) is 12.3. The average molecular weight is 287 g/mol. The molecule has 0 saturated carbocycles. The summed E-state index contributed by atoms with van der Waals surface area (Å²) >= 11 is 0. The lowest BCUT2D eigenvalue weighted by atomic mass is 9.87. The number of benzene rings is 1. The van der Waals surface area contributed by atoms with Crippen LogP contribution in [-0.2, 0) is 13.0 Å². The van der Waals surface area contributed by atoms with Gasteiger partial charge in [0.05, 0.1) is 13.2 Å². The van der Waals surface area contributed by atoms with Gasteiger partial charge in [0.1, 0.15) is 0 Å². The maximum atomic E-state index is 9.39. The summed E-state index contributed by atoms with van der Waals surface area (Å²) in [5.41, 5.74) is 2.78.